The van der Waals surface area contributed by atoms with Crippen LogP contribution in [-0.2, 0) is 0 Å². The van der Waals surface area contributed by atoms with Gasteiger partial charge in [-0.2, -0.15) is 0 Å². The van der Waals surface area contributed by atoms with Crippen LogP contribution in [-0.4, -0.2) is 17.1 Å². The molecule has 74 valence electrons. The molecular formula is C9H10N2O3. The lowest BCUT2D eigenvalue weighted by atomic mass is 10.2. The summed E-state index contributed by atoms with van der Waals surface area (Å²) in [6.07, 6.45) is 0.735. The first-order valence-electron chi connectivity index (χ1n) is 3.90. The number of hydrogen-bond donors (Lipinski definition) is 2. The van der Waals surface area contributed by atoms with Crippen molar-refractivity contribution in [1.29, 1.82) is 0 Å². The summed E-state index contributed by atoms with van der Waals surface area (Å²) in [5, 5.41) is 23.0. The van der Waals surface area contributed by atoms with Crippen LogP contribution in [0.3, 0.4) is 0 Å². The fraction of sp³-hybridized carbons (Fsp3) is 0.111. The molecule has 0 heterocycles. The average molecular weight is 194 g/mol. The van der Waals surface area contributed by atoms with Gasteiger partial charge in [-0.25, -0.2) is 0 Å². The maximum Gasteiger partial charge on any atom is 0.246 e. The van der Waals surface area contributed by atoms with Gasteiger partial charge in [0.1, 0.15) is 5.75 Å². The van der Waals surface area contributed by atoms with Gasteiger partial charge >= 0.3 is 0 Å². The summed E-state index contributed by atoms with van der Waals surface area (Å²) >= 11 is 0. The standard InChI is InChI=1S/C9H10N2O3/c1-6-7(5-11(13)14)9(12)4-3-8(6)10-2/h3-5,10,12H,1H2,2H3/b7-5+. The van der Waals surface area contributed by atoms with Crippen LogP contribution in [0.1, 0.15) is 0 Å². The molecule has 0 saturated heterocycles. The van der Waals surface area contributed by atoms with E-state index in [1.165, 1.54) is 6.07 Å². The second-order valence-electron chi connectivity index (χ2n) is 2.69. The van der Waals surface area contributed by atoms with Crippen LogP contribution in [0.5, 0.6) is 5.75 Å². The van der Waals surface area contributed by atoms with Crippen molar-refractivity contribution in [2.75, 3.05) is 12.4 Å². The number of anilines is 1. The number of phenolic OH excluding ortho intramolecular Hbond substituents is 1. The van der Waals surface area contributed by atoms with E-state index >= 15 is 0 Å². The van der Waals surface area contributed by atoms with Gasteiger partial charge in [0.2, 0.25) is 6.20 Å². The highest BCUT2D eigenvalue weighted by Crippen LogP contribution is 2.02. The van der Waals surface area contributed by atoms with Crippen molar-refractivity contribution < 1.29 is 10.0 Å². The quantitative estimate of drug-likeness (QED) is 0.390. The first-order chi connectivity index (χ1) is 6.56. The Morgan fingerprint density at radius 1 is 1.64 bits per heavy atom. The molecule has 14 heavy (non-hydrogen) atoms. The Bertz CT molecular complexity index is 468. The topological polar surface area (TPSA) is 75.4 Å². The van der Waals surface area contributed by atoms with Gasteiger partial charge in [0.05, 0.1) is 10.1 Å². The molecule has 0 fully saturated rings. The van der Waals surface area contributed by atoms with E-state index < -0.39 is 4.92 Å². The van der Waals surface area contributed by atoms with Gasteiger partial charge in [-0.1, -0.05) is 6.58 Å². The lowest BCUT2D eigenvalue weighted by Gasteiger charge is -2.01. The molecule has 0 atom stereocenters. The Morgan fingerprint density at radius 2 is 2.29 bits per heavy atom. The van der Waals surface area contributed by atoms with Crippen LogP contribution < -0.4 is 15.8 Å². The lowest BCUT2D eigenvalue weighted by Crippen LogP contribution is -2.27. The molecule has 0 radical (unpaired) electrons. The van der Waals surface area contributed by atoms with Crippen LogP contribution in [0, 0.1) is 10.1 Å². The minimum atomic E-state index is -0.622. The molecule has 0 bridgehead atoms. The smallest absolute Gasteiger partial charge is 0.246 e. The molecule has 0 saturated carbocycles. The highest BCUT2D eigenvalue weighted by molar-refractivity contribution is 5.50. The molecule has 0 unspecified atom stereocenters. The molecule has 5 heteroatoms. The molecule has 1 aromatic rings. The number of nitro groups is 1. The van der Waals surface area contributed by atoms with Gasteiger partial charge in [-0.3, -0.25) is 10.1 Å². The van der Waals surface area contributed by atoms with E-state index in [1.807, 2.05) is 0 Å². The van der Waals surface area contributed by atoms with Crippen molar-refractivity contribution in [2.24, 2.45) is 0 Å². The maximum absolute atomic E-state index is 10.3. The molecular weight excluding hydrogens is 184 g/mol. The fourth-order valence-electron chi connectivity index (χ4n) is 1.14. The van der Waals surface area contributed by atoms with Crippen LogP contribution in [0.2, 0.25) is 0 Å². The van der Waals surface area contributed by atoms with Crippen molar-refractivity contribution >= 4 is 18.5 Å². The Kier molecular flexibility index (Phi) is 2.71. The summed E-state index contributed by atoms with van der Waals surface area (Å²) in [4.78, 5) is 9.64. The van der Waals surface area contributed by atoms with E-state index in [-0.39, 0.29) is 11.0 Å². The minimum Gasteiger partial charge on any atom is -0.507 e. The molecule has 5 nitrogen and oxygen atoms in total. The summed E-state index contributed by atoms with van der Waals surface area (Å²) in [6, 6.07) is 2.99. The van der Waals surface area contributed by atoms with Gasteiger partial charge < -0.3 is 10.4 Å². The number of rotatable bonds is 2. The molecule has 1 aromatic carbocycles. The molecule has 0 spiro atoms. The second kappa shape index (κ2) is 3.78. The summed E-state index contributed by atoms with van der Waals surface area (Å²) in [5.41, 5.74) is 0.649. The Labute approximate surface area is 80.1 Å². The number of hydrogen-bond acceptors (Lipinski definition) is 4. The normalized spacial score (nSPS) is 11.4. The van der Waals surface area contributed by atoms with Crippen molar-refractivity contribution in [3.05, 3.63) is 32.7 Å². The van der Waals surface area contributed by atoms with Crippen LogP contribution in [0.4, 0.5) is 5.69 Å². The fourth-order valence-corrected chi connectivity index (χ4v) is 1.14. The molecule has 0 aromatic heterocycles. The van der Waals surface area contributed by atoms with Crippen molar-refractivity contribution in [3.63, 3.8) is 0 Å². The lowest BCUT2D eigenvalue weighted by molar-refractivity contribution is -0.363. The molecule has 1 rings (SSSR count). The van der Waals surface area contributed by atoms with E-state index in [2.05, 4.69) is 11.9 Å². The maximum atomic E-state index is 10.3. The predicted molar refractivity (Wildman–Crippen MR) is 53.9 cm³/mol. The van der Waals surface area contributed by atoms with Gasteiger partial charge in [0.15, 0.2) is 0 Å². The van der Waals surface area contributed by atoms with Crippen LogP contribution in [0.25, 0.3) is 12.8 Å². The zero-order valence-corrected chi connectivity index (χ0v) is 7.65. The number of phenols is 1. The molecule has 0 aliphatic rings. The van der Waals surface area contributed by atoms with Gasteiger partial charge in [0.25, 0.3) is 0 Å². The van der Waals surface area contributed by atoms with Crippen molar-refractivity contribution in [3.8, 4) is 5.75 Å². The monoisotopic (exact) mass is 194 g/mol. The summed E-state index contributed by atoms with van der Waals surface area (Å²) in [7, 11) is 1.68. The third-order valence-corrected chi connectivity index (χ3v) is 1.84. The van der Waals surface area contributed by atoms with Crippen molar-refractivity contribution in [2.45, 2.75) is 0 Å². The summed E-state index contributed by atoms with van der Waals surface area (Å²) in [5.74, 6) is -0.147. The highest BCUT2D eigenvalue weighted by atomic mass is 16.6. The Hall–Kier alpha value is -2.04. The molecule has 0 aliphatic heterocycles. The summed E-state index contributed by atoms with van der Waals surface area (Å²) in [6.45, 7) is 3.65. The summed E-state index contributed by atoms with van der Waals surface area (Å²) < 4.78 is 0. The van der Waals surface area contributed by atoms with Gasteiger partial charge in [0, 0.05) is 18.0 Å². The van der Waals surface area contributed by atoms with Crippen LogP contribution in [0.15, 0.2) is 12.1 Å². The number of benzene rings is 1. The zero-order valence-electron chi connectivity index (χ0n) is 7.65. The van der Waals surface area contributed by atoms with Crippen LogP contribution >= 0.6 is 0 Å². The third-order valence-electron chi connectivity index (χ3n) is 1.84. The largest absolute Gasteiger partial charge is 0.507 e. The first kappa shape index (κ1) is 10.0. The zero-order chi connectivity index (χ0) is 10.7. The van der Waals surface area contributed by atoms with E-state index in [0.29, 0.717) is 10.9 Å². The second-order valence-corrected chi connectivity index (χ2v) is 2.69. The van der Waals surface area contributed by atoms with E-state index in [4.69, 9.17) is 0 Å². The Balaban J connectivity index is 3.57. The number of nitrogens with one attached hydrogen (secondary N) is 1. The van der Waals surface area contributed by atoms with E-state index in [9.17, 15) is 15.2 Å². The van der Waals surface area contributed by atoms with Gasteiger partial charge in [-0.05, 0) is 12.1 Å². The average Bonchev–Trinajstić information content (AvgIpc) is 2.12. The molecule has 0 amide bonds. The molecule has 0 aliphatic carbocycles. The van der Waals surface area contributed by atoms with E-state index in [1.54, 1.807) is 13.1 Å². The SMILES string of the molecule is C=c1c(NC)ccc(O)/c1=C/[N+](=O)[O-]. The minimum absolute atomic E-state index is 0.127. The predicted octanol–water partition coefficient (Wildman–Crippen LogP) is -0.141. The molecule has 2 N–H and O–H groups in total. The van der Waals surface area contributed by atoms with Gasteiger partial charge in [-0.15, -0.1) is 0 Å². The van der Waals surface area contributed by atoms with E-state index in [0.717, 1.165) is 6.20 Å². The third kappa shape index (κ3) is 1.82. The number of nitrogens with zero attached hydrogens (tertiary/aromatic N) is 1. The Morgan fingerprint density at radius 3 is 2.79 bits per heavy atom. The highest BCUT2D eigenvalue weighted by Gasteiger charge is 2.01. The number of aromatic hydroxyl groups is 1. The van der Waals surface area contributed by atoms with Crippen molar-refractivity contribution in [1.82, 2.24) is 0 Å². The first-order valence-corrected chi connectivity index (χ1v) is 3.90.